The van der Waals surface area contributed by atoms with E-state index in [0.29, 0.717) is 24.3 Å². The molecule has 1 aromatic carbocycles. The molecule has 0 unspecified atom stereocenters. The number of likely N-dealkylation sites (tertiary alicyclic amines) is 1. The van der Waals surface area contributed by atoms with Gasteiger partial charge in [0.25, 0.3) is 0 Å². The highest BCUT2D eigenvalue weighted by atomic mass is 19.1. The van der Waals surface area contributed by atoms with Crippen molar-refractivity contribution >= 4 is 23.6 Å². The van der Waals surface area contributed by atoms with E-state index in [-0.39, 0.29) is 43.1 Å². The first-order valence-corrected chi connectivity index (χ1v) is 9.97. The van der Waals surface area contributed by atoms with Crippen molar-refractivity contribution in [3.05, 3.63) is 29.6 Å². The van der Waals surface area contributed by atoms with Gasteiger partial charge in [-0.3, -0.25) is 24.7 Å². The number of halogens is 1. The molecule has 29 heavy (non-hydrogen) atoms. The maximum Gasteiger partial charge on any atom is 0.328 e. The van der Waals surface area contributed by atoms with E-state index >= 15 is 0 Å². The van der Waals surface area contributed by atoms with Crippen molar-refractivity contribution in [2.45, 2.75) is 51.6 Å². The van der Waals surface area contributed by atoms with Crippen molar-refractivity contribution in [2.75, 3.05) is 31.1 Å². The molecule has 158 valence electrons. The minimum absolute atomic E-state index is 0.0655. The number of rotatable bonds is 4. The normalized spacial score (nSPS) is 19.2. The van der Waals surface area contributed by atoms with Crippen LogP contribution in [0.5, 0.6) is 0 Å². The summed E-state index contributed by atoms with van der Waals surface area (Å²) in [6.45, 7) is 7.41. The van der Waals surface area contributed by atoms with Gasteiger partial charge in [-0.25, -0.2) is 9.18 Å². The highest BCUT2D eigenvalue weighted by molar-refractivity contribution is 6.05. The van der Waals surface area contributed by atoms with Gasteiger partial charge in [-0.1, -0.05) is 6.07 Å². The molecular formula is C21H28FN3O4. The lowest BCUT2D eigenvalue weighted by molar-refractivity contribution is -0.156. The Morgan fingerprint density at radius 1 is 1.21 bits per heavy atom. The Kier molecular flexibility index (Phi) is 6.21. The summed E-state index contributed by atoms with van der Waals surface area (Å²) < 4.78 is 20.1. The molecule has 3 amide bonds. The minimum atomic E-state index is -0.524. The van der Waals surface area contributed by atoms with Gasteiger partial charge in [0, 0.05) is 18.7 Å². The van der Waals surface area contributed by atoms with Crippen LogP contribution in [0.1, 0.15) is 51.5 Å². The van der Waals surface area contributed by atoms with Crippen molar-refractivity contribution in [1.29, 1.82) is 0 Å². The average molecular weight is 405 g/mol. The molecule has 2 saturated heterocycles. The molecular weight excluding hydrogens is 377 g/mol. The Labute approximate surface area is 170 Å². The summed E-state index contributed by atoms with van der Waals surface area (Å²) in [5.41, 5.74) is 0.566. The van der Waals surface area contributed by atoms with Crippen molar-refractivity contribution in [3.63, 3.8) is 0 Å². The fourth-order valence-electron chi connectivity index (χ4n) is 3.78. The third-order valence-corrected chi connectivity index (χ3v) is 5.15. The molecule has 0 atom stereocenters. The van der Waals surface area contributed by atoms with Crippen LogP contribution >= 0.6 is 0 Å². The number of nitrogens with one attached hydrogen (secondary N) is 1. The summed E-state index contributed by atoms with van der Waals surface area (Å²) in [4.78, 5) is 38.6. The second-order valence-corrected chi connectivity index (χ2v) is 8.60. The third kappa shape index (κ3) is 5.53. The summed E-state index contributed by atoms with van der Waals surface area (Å²) in [7, 11) is 0. The van der Waals surface area contributed by atoms with Crippen LogP contribution in [0.4, 0.5) is 14.9 Å². The minimum Gasteiger partial charge on any atom is -0.459 e. The highest BCUT2D eigenvalue weighted by Gasteiger charge is 2.28. The number of carbonyl (C=O) groups excluding carboxylic acids is 3. The van der Waals surface area contributed by atoms with E-state index < -0.39 is 11.6 Å². The summed E-state index contributed by atoms with van der Waals surface area (Å²) in [5.74, 6) is -0.847. The standard InChI is InChI=1S/C21H28FN3O4/c1-21(2,3)29-19(27)13-24-9-6-14(7-10-24)16-5-4-15(12-17(16)22)25-11-8-18(26)23-20(25)28/h4-5,12,14H,6-11,13H2,1-3H3,(H,23,26,28). The molecule has 0 spiro atoms. The molecule has 2 heterocycles. The van der Waals surface area contributed by atoms with Crippen LogP contribution in [0, 0.1) is 5.82 Å². The predicted molar refractivity (Wildman–Crippen MR) is 106 cm³/mol. The van der Waals surface area contributed by atoms with Crippen molar-refractivity contribution in [3.8, 4) is 0 Å². The molecule has 0 bridgehead atoms. The maximum atomic E-state index is 14.8. The van der Waals surface area contributed by atoms with Crippen LogP contribution in [0.2, 0.25) is 0 Å². The smallest absolute Gasteiger partial charge is 0.328 e. The number of piperidine rings is 1. The number of nitrogens with zero attached hydrogens (tertiary/aromatic N) is 2. The quantitative estimate of drug-likeness (QED) is 0.780. The number of imide groups is 1. The molecule has 7 nitrogen and oxygen atoms in total. The van der Waals surface area contributed by atoms with Crippen molar-refractivity contribution < 1.29 is 23.5 Å². The lowest BCUT2D eigenvalue weighted by Gasteiger charge is -2.32. The van der Waals surface area contributed by atoms with Crippen molar-refractivity contribution in [2.24, 2.45) is 0 Å². The molecule has 3 rings (SSSR count). The number of anilines is 1. The Hall–Kier alpha value is -2.48. The lowest BCUT2D eigenvalue weighted by Crippen LogP contribution is -2.49. The van der Waals surface area contributed by atoms with Crippen LogP contribution in [0.25, 0.3) is 0 Å². The molecule has 0 radical (unpaired) electrons. The molecule has 2 aliphatic rings. The fraction of sp³-hybridized carbons (Fsp3) is 0.571. The van der Waals surface area contributed by atoms with E-state index in [0.717, 1.165) is 12.8 Å². The van der Waals surface area contributed by atoms with E-state index in [2.05, 4.69) is 5.32 Å². The van der Waals surface area contributed by atoms with Gasteiger partial charge in [-0.2, -0.15) is 0 Å². The molecule has 2 fully saturated rings. The first kappa shape index (κ1) is 21.2. The number of ether oxygens (including phenoxy) is 1. The molecule has 8 heteroatoms. The Morgan fingerprint density at radius 2 is 1.90 bits per heavy atom. The van der Waals surface area contributed by atoms with Crippen LogP contribution < -0.4 is 10.2 Å². The average Bonchev–Trinajstić information content (AvgIpc) is 2.61. The number of urea groups is 1. The second-order valence-electron chi connectivity index (χ2n) is 8.60. The Bertz CT molecular complexity index is 798. The van der Waals surface area contributed by atoms with E-state index in [1.54, 1.807) is 12.1 Å². The summed E-state index contributed by atoms with van der Waals surface area (Å²) in [6, 6.07) is 4.28. The van der Waals surface area contributed by atoms with E-state index in [1.165, 1.54) is 11.0 Å². The summed E-state index contributed by atoms with van der Waals surface area (Å²) in [5, 5.41) is 2.24. The first-order valence-electron chi connectivity index (χ1n) is 9.97. The SMILES string of the molecule is CC(C)(C)OC(=O)CN1CCC(c2ccc(N3CCC(=O)NC3=O)cc2F)CC1. The van der Waals surface area contributed by atoms with Gasteiger partial charge in [0.15, 0.2) is 0 Å². The Balaban J connectivity index is 1.58. The number of amides is 3. The predicted octanol–water partition coefficient (Wildman–Crippen LogP) is 2.79. The number of esters is 1. The molecule has 2 aliphatic heterocycles. The largest absolute Gasteiger partial charge is 0.459 e. The molecule has 0 aromatic heterocycles. The van der Waals surface area contributed by atoms with Gasteiger partial charge in [-0.05, 0) is 70.3 Å². The lowest BCUT2D eigenvalue weighted by atomic mass is 9.89. The number of hydrogen-bond donors (Lipinski definition) is 1. The fourth-order valence-corrected chi connectivity index (χ4v) is 3.78. The first-order chi connectivity index (χ1) is 13.6. The topological polar surface area (TPSA) is 79.0 Å². The second kappa shape index (κ2) is 8.49. The highest BCUT2D eigenvalue weighted by Crippen LogP contribution is 2.32. The zero-order chi connectivity index (χ0) is 21.2. The zero-order valence-corrected chi connectivity index (χ0v) is 17.2. The van der Waals surface area contributed by atoms with Gasteiger partial charge in [0.1, 0.15) is 11.4 Å². The van der Waals surface area contributed by atoms with Crippen molar-refractivity contribution in [1.82, 2.24) is 10.2 Å². The molecule has 0 saturated carbocycles. The molecule has 0 aliphatic carbocycles. The van der Waals surface area contributed by atoms with E-state index in [9.17, 15) is 18.8 Å². The van der Waals surface area contributed by atoms with Crippen LogP contribution in [0.15, 0.2) is 18.2 Å². The van der Waals surface area contributed by atoms with Crippen LogP contribution in [0.3, 0.4) is 0 Å². The van der Waals surface area contributed by atoms with Crippen LogP contribution in [-0.2, 0) is 14.3 Å². The van der Waals surface area contributed by atoms with E-state index in [1.807, 2.05) is 25.7 Å². The van der Waals surface area contributed by atoms with E-state index in [4.69, 9.17) is 4.74 Å². The van der Waals surface area contributed by atoms with Gasteiger partial charge in [-0.15, -0.1) is 0 Å². The van der Waals surface area contributed by atoms with Gasteiger partial charge >= 0.3 is 12.0 Å². The monoisotopic (exact) mass is 405 g/mol. The summed E-state index contributed by atoms with van der Waals surface area (Å²) >= 11 is 0. The Morgan fingerprint density at radius 3 is 2.48 bits per heavy atom. The van der Waals surface area contributed by atoms with Gasteiger partial charge < -0.3 is 4.74 Å². The maximum absolute atomic E-state index is 14.8. The number of benzene rings is 1. The van der Waals surface area contributed by atoms with Gasteiger partial charge in [0.05, 0.1) is 6.54 Å². The van der Waals surface area contributed by atoms with Gasteiger partial charge in [0.2, 0.25) is 5.91 Å². The third-order valence-electron chi connectivity index (χ3n) is 5.15. The molecule has 1 aromatic rings. The zero-order valence-electron chi connectivity index (χ0n) is 17.2. The summed E-state index contributed by atoms with van der Waals surface area (Å²) in [6.07, 6.45) is 1.70. The molecule has 1 N–H and O–H groups in total. The number of carbonyl (C=O) groups is 3. The number of hydrogen-bond acceptors (Lipinski definition) is 5. The van der Waals surface area contributed by atoms with Crippen LogP contribution in [-0.4, -0.2) is 54.6 Å².